The Morgan fingerprint density at radius 2 is 1.33 bits per heavy atom. The predicted octanol–water partition coefficient (Wildman–Crippen LogP) is 2.05. The molecule has 0 aromatic carbocycles. The van der Waals surface area contributed by atoms with Crippen molar-refractivity contribution >= 4 is 0 Å². The smallest absolute Gasteiger partial charge is 0.0438 e. The second-order valence-electron chi connectivity index (χ2n) is 2.68. The summed E-state index contributed by atoms with van der Waals surface area (Å²) < 4.78 is 0. The topological polar surface area (TPSA) is 0 Å². The van der Waals surface area contributed by atoms with Gasteiger partial charge in [0.15, 0.2) is 0 Å². The van der Waals surface area contributed by atoms with Gasteiger partial charge in [-0.25, -0.2) is 0 Å². The Hall–Kier alpha value is 0. The maximum Gasteiger partial charge on any atom is -0.0438 e. The monoisotopic (exact) mass is 84.1 g/mol. The zero-order valence-electron chi connectivity index (χ0n) is 4.57. The Labute approximate surface area is 39.6 Å². The molecule has 0 aromatic heterocycles. The van der Waals surface area contributed by atoms with Crippen molar-refractivity contribution in [1.82, 2.24) is 0 Å². The summed E-state index contributed by atoms with van der Waals surface area (Å²) in [7, 11) is 0. The molecule has 1 rings (SSSR count). The van der Waals surface area contributed by atoms with Gasteiger partial charge in [-0.15, -0.1) is 0 Å². The molecule has 0 radical (unpaired) electrons. The molecule has 0 unspecified atom stereocenters. The van der Waals surface area contributed by atoms with Gasteiger partial charge in [0.1, 0.15) is 0 Å². The lowest BCUT2D eigenvalue weighted by Crippen LogP contribution is -2.16. The van der Waals surface area contributed by atoms with Crippen LogP contribution in [0.2, 0.25) is 0 Å². The van der Waals surface area contributed by atoms with Crippen LogP contribution in [0.4, 0.5) is 0 Å². The average molecular weight is 84.2 g/mol. The second-order valence-corrected chi connectivity index (χ2v) is 2.68. The largest absolute Gasteiger partial charge is 0.0625 e. The maximum atomic E-state index is 2.32. The van der Waals surface area contributed by atoms with Crippen LogP contribution in [0.1, 0.15) is 26.7 Å². The van der Waals surface area contributed by atoms with Crippen LogP contribution in [0.15, 0.2) is 0 Å². The first kappa shape index (κ1) is 4.17. The first-order chi connectivity index (χ1) is 2.79. The summed E-state index contributed by atoms with van der Waals surface area (Å²) in [5.74, 6) is 2.08. The molecule has 0 atom stereocenters. The minimum absolute atomic E-state index is 1.04. The molecule has 36 valence electrons. The van der Waals surface area contributed by atoms with Crippen LogP contribution >= 0.6 is 0 Å². The SMILES string of the molecule is CC1CC(C)C1. The normalized spacial score (nSPS) is 45.0. The van der Waals surface area contributed by atoms with Crippen molar-refractivity contribution in [3.05, 3.63) is 0 Å². The van der Waals surface area contributed by atoms with Crippen LogP contribution in [0.25, 0.3) is 0 Å². The van der Waals surface area contributed by atoms with Crippen molar-refractivity contribution in [2.75, 3.05) is 0 Å². The van der Waals surface area contributed by atoms with Gasteiger partial charge in [0, 0.05) is 0 Å². The summed E-state index contributed by atoms with van der Waals surface area (Å²) in [6.07, 6.45) is 2.94. The van der Waals surface area contributed by atoms with Crippen LogP contribution < -0.4 is 0 Å². The Morgan fingerprint density at radius 3 is 1.33 bits per heavy atom. The quantitative estimate of drug-likeness (QED) is 0.421. The van der Waals surface area contributed by atoms with Crippen molar-refractivity contribution in [3.8, 4) is 0 Å². The number of hydrogen-bond acceptors (Lipinski definition) is 0. The molecular formula is C6H12. The molecule has 6 heavy (non-hydrogen) atoms. The van der Waals surface area contributed by atoms with E-state index in [9.17, 15) is 0 Å². The Balaban J connectivity index is 2.11. The summed E-state index contributed by atoms with van der Waals surface area (Å²) in [5.41, 5.74) is 0. The van der Waals surface area contributed by atoms with E-state index >= 15 is 0 Å². The van der Waals surface area contributed by atoms with Gasteiger partial charge in [0.05, 0.1) is 0 Å². The lowest BCUT2D eigenvalue weighted by molar-refractivity contribution is 0.233. The van der Waals surface area contributed by atoms with Gasteiger partial charge < -0.3 is 0 Å². The lowest BCUT2D eigenvalue weighted by Gasteiger charge is -2.28. The van der Waals surface area contributed by atoms with E-state index in [-0.39, 0.29) is 0 Å². The summed E-state index contributed by atoms with van der Waals surface area (Å²) in [4.78, 5) is 0. The minimum Gasteiger partial charge on any atom is -0.0625 e. The molecule has 0 aromatic rings. The highest BCUT2D eigenvalue weighted by atomic mass is 14.2. The van der Waals surface area contributed by atoms with E-state index in [2.05, 4.69) is 13.8 Å². The third-order valence-corrected chi connectivity index (χ3v) is 1.61. The predicted molar refractivity (Wildman–Crippen MR) is 27.6 cm³/mol. The number of hydrogen-bond donors (Lipinski definition) is 0. The van der Waals surface area contributed by atoms with Crippen molar-refractivity contribution < 1.29 is 0 Å². The van der Waals surface area contributed by atoms with Crippen molar-refractivity contribution in [1.29, 1.82) is 0 Å². The van der Waals surface area contributed by atoms with E-state index in [4.69, 9.17) is 0 Å². The van der Waals surface area contributed by atoms with Crippen molar-refractivity contribution in [2.45, 2.75) is 26.7 Å². The van der Waals surface area contributed by atoms with Crippen LogP contribution in [0, 0.1) is 11.8 Å². The zero-order valence-corrected chi connectivity index (χ0v) is 4.57. The van der Waals surface area contributed by atoms with Gasteiger partial charge in [0.25, 0.3) is 0 Å². The summed E-state index contributed by atoms with van der Waals surface area (Å²) in [6, 6.07) is 0. The fourth-order valence-corrected chi connectivity index (χ4v) is 1.30. The first-order valence-electron chi connectivity index (χ1n) is 2.79. The van der Waals surface area contributed by atoms with E-state index in [0.29, 0.717) is 0 Å². The molecule has 0 saturated heterocycles. The van der Waals surface area contributed by atoms with Crippen LogP contribution in [-0.4, -0.2) is 0 Å². The van der Waals surface area contributed by atoms with E-state index in [1.807, 2.05) is 0 Å². The Morgan fingerprint density at radius 1 is 1.00 bits per heavy atom. The summed E-state index contributed by atoms with van der Waals surface area (Å²) in [6.45, 7) is 4.64. The molecule has 1 fully saturated rings. The third kappa shape index (κ3) is 0.562. The van der Waals surface area contributed by atoms with E-state index in [0.717, 1.165) is 11.8 Å². The summed E-state index contributed by atoms with van der Waals surface area (Å²) in [5, 5.41) is 0. The van der Waals surface area contributed by atoms with Gasteiger partial charge in [-0.05, 0) is 24.7 Å². The molecule has 1 saturated carbocycles. The Kier molecular flexibility index (Phi) is 0.868. The highest BCUT2D eigenvalue weighted by Crippen LogP contribution is 2.31. The highest BCUT2D eigenvalue weighted by molar-refractivity contribution is 4.71. The van der Waals surface area contributed by atoms with Crippen molar-refractivity contribution in [2.24, 2.45) is 11.8 Å². The molecule has 1 aliphatic carbocycles. The van der Waals surface area contributed by atoms with Gasteiger partial charge in [0.2, 0.25) is 0 Å². The molecule has 0 heterocycles. The molecule has 0 bridgehead atoms. The van der Waals surface area contributed by atoms with Crippen molar-refractivity contribution in [3.63, 3.8) is 0 Å². The van der Waals surface area contributed by atoms with Crippen LogP contribution in [0.5, 0.6) is 0 Å². The van der Waals surface area contributed by atoms with E-state index in [1.165, 1.54) is 12.8 Å². The average Bonchev–Trinajstić information content (AvgIpc) is 1.33. The fraction of sp³-hybridized carbons (Fsp3) is 1.00. The number of rotatable bonds is 0. The van der Waals surface area contributed by atoms with E-state index < -0.39 is 0 Å². The van der Waals surface area contributed by atoms with Gasteiger partial charge in [-0.1, -0.05) is 13.8 Å². The minimum atomic E-state index is 1.04. The molecule has 0 spiro atoms. The molecule has 0 amide bonds. The molecule has 0 heteroatoms. The highest BCUT2D eigenvalue weighted by Gasteiger charge is 2.19. The standard InChI is InChI=1S/C6H12/c1-5-3-6(2)4-5/h5-6H,3-4H2,1-2H3. The van der Waals surface area contributed by atoms with Crippen LogP contribution in [0.3, 0.4) is 0 Å². The fourth-order valence-electron chi connectivity index (χ4n) is 1.30. The molecule has 0 N–H and O–H groups in total. The van der Waals surface area contributed by atoms with Gasteiger partial charge >= 0.3 is 0 Å². The van der Waals surface area contributed by atoms with Crippen LogP contribution in [-0.2, 0) is 0 Å². The molecule has 0 aliphatic heterocycles. The first-order valence-corrected chi connectivity index (χ1v) is 2.79. The zero-order chi connectivity index (χ0) is 4.57. The molecule has 1 aliphatic rings. The molecular weight excluding hydrogens is 72.1 g/mol. The van der Waals surface area contributed by atoms with E-state index in [1.54, 1.807) is 0 Å². The maximum absolute atomic E-state index is 2.32. The second kappa shape index (κ2) is 1.25. The third-order valence-electron chi connectivity index (χ3n) is 1.61. The summed E-state index contributed by atoms with van der Waals surface area (Å²) >= 11 is 0. The lowest BCUT2D eigenvalue weighted by atomic mass is 9.78. The molecule has 0 nitrogen and oxygen atoms in total. The Bertz CT molecular complexity index is 36.0. The van der Waals surface area contributed by atoms with Gasteiger partial charge in [-0.3, -0.25) is 0 Å². The van der Waals surface area contributed by atoms with Gasteiger partial charge in [-0.2, -0.15) is 0 Å².